The third-order valence-electron chi connectivity index (χ3n) is 4.35. The van der Waals surface area contributed by atoms with Crippen LogP contribution in [0.2, 0.25) is 0 Å². The first kappa shape index (κ1) is 21.0. The van der Waals surface area contributed by atoms with Crippen molar-refractivity contribution in [1.29, 1.82) is 0 Å². The molecule has 8 nitrogen and oxygen atoms in total. The van der Waals surface area contributed by atoms with E-state index < -0.39 is 0 Å². The summed E-state index contributed by atoms with van der Waals surface area (Å²) in [6.45, 7) is 3.91. The molecule has 0 radical (unpaired) electrons. The highest BCUT2D eigenvalue weighted by Crippen LogP contribution is 2.20. The molecule has 0 saturated carbocycles. The van der Waals surface area contributed by atoms with Gasteiger partial charge in [-0.05, 0) is 37.1 Å². The molecule has 0 unspecified atom stereocenters. The number of ether oxygens (including phenoxy) is 1. The van der Waals surface area contributed by atoms with Crippen LogP contribution in [0, 0.1) is 6.92 Å². The number of rotatable bonds is 9. The smallest absolute Gasteiger partial charge is 0.415 e. The Morgan fingerprint density at radius 2 is 1.80 bits per heavy atom. The highest BCUT2D eigenvalue weighted by molar-refractivity contribution is 5.95. The minimum atomic E-state index is -0.337. The van der Waals surface area contributed by atoms with Gasteiger partial charge < -0.3 is 19.4 Å². The van der Waals surface area contributed by atoms with E-state index in [4.69, 9.17) is 9.15 Å². The van der Waals surface area contributed by atoms with Gasteiger partial charge in [-0.3, -0.25) is 9.59 Å². The lowest BCUT2D eigenvalue weighted by Crippen LogP contribution is -2.41. The zero-order valence-corrected chi connectivity index (χ0v) is 17.0. The summed E-state index contributed by atoms with van der Waals surface area (Å²) < 4.78 is 10.8. The number of nitrogens with zero attached hydrogens (tertiary/aromatic N) is 3. The Kier molecular flexibility index (Phi) is 7.15. The van der Waals surface area contributed by atoms with Crippen LogP contribution in [0.5, 0.6) is 6.08 Å². The molecule has 0 aliphatic heterocycles. The van der Waals surface area contributed by atoms with Crippen molar-refractivity contribution < 1.29 is 18.7 Å². The van der Waals surface area contributed by atoms with E-state index in [0.717, 1.165) is 16.8 Å². The predicted octanol–water partition coefficient (Wildman–Crippen LogP) is 3.30. The van der Waals surface area contributed by atoms with Crippen LogP contribution in [0.3, 0.4) is 0 Å². The Bertz CT molecular complexity index is 988. The fourth-order valence-corrected chi connectivity index (χ4v) is 2.82. The maximum Gasteiger partial charge on any atom is 0.415 e. The van der Waals surface area contributed by atoms with E-state index in [9.17, 15) is 9.59 Å². The van der Waals surface area contributed by atoms with Crippen LogP contribution < -0.4 is 10.1 Å². The molecule has 2 aromatic carbocycles. The minimum Gasteiger partial charge on any atom is -0.439 e. The Morgan fingerprint density at radius 1 is 1.07 bits per heavy atom. The second-order valence-corrected chi connectivity index (χ2v) is 6.71. The zero-order chi connectivity index (χ0) is 21.3. The number of aryl methyl sites for hydroxylation is 1. The van der Waals surface area contributed by atoms with Crippen molar-refractivity contribution in [3.63, 3.8) is 0 Å². The van der Waals surface area contributed by atoms with Gasteiger partial charge in [-0.2, -0.15) is 0 Å². The molecule has 1 aromatic heterocycles. The summed E-state index contributed by atoms with van der Waals surface area (Å²) in [7, 11) is 0. The van der Waals surface area contributed by atoms with E-state index in [-0.39, 0.29) is 31.0 Å². The van der Waals surface area contributed by atoms with Crippen molar-refractivity contribution in [2.75, 3.05) is 25.0 Å². The van der Waals surface area contributed by atoms with E-state index in [2.05, 4.69) is 15.5 Å². The average Bonchev–Trinajstić information content (AvgIpc) is 3.23. The van der Waals surface area contributed by atoms with Crippen molar-refractivity contribution in [2.45, 2.75) is 20.3 Å². The molecule has 156 valence electrons. The first-order chi connectivity index (χ1) is 14.6. The second kappa shape index (κ2) is 10.2. The number of carbonyl (C=O) groups excluding carboxylic acids is 2. The van der Waals surface area contributed by atoms with Gasteiger partial charge in [0.15, 0.2) is 6.61 Å². The van der Waals surface area contributed by atoms with Gasteiger partial charge in [0.05, 0.1) is 6.54 Å². The Morgan fingerprint density at radius 3 is 2.53 bits per heavy atom. The SMILES string of the molecule is CCCN(CC(=O)Nc1ccccc1C)C(=O)COc1nnc(-c2ccccc2)o1. The molecule has 30 heavy (non-hydrogen) atoms. The number of benzene rings is 2. The maximum absolute atomic E-state index is 12.6. The molecule has 8 heteroatoms. The van der Waals surface area contributed by atoms with Crippen LogP contribution in [0.15, 0.2) is 59.0 Å². The number of anilines is 1. The molecular weight excluding hydrogens is 384 g/mol. The number of nitrogens with one attached hydrogen (secondary N) is 1. The predicted molar refractivity (Wildman–Crippen MR) is 112 cm³/mol. The van der Waals surface area contributed by atoms with Gasteiger partial charge in [-0.25, -0.2) is 0 Å². The molecule has 0 aliphatic carbocycles. The summed E-state index contributed by atoms with van der Waals surface area (Å²) in [5.41, 5.74) is 2.43. The summed E-state index contributed by atoms with van der Waals surface area (Å²) in [6.07, 6.45) is 0.616. The lowest BCUT2D eigenvalue weighted by atomic mass is 10.2. The molecule has 0 atom stereocenters. The lowest BCUT2D eigenvalue weighted by molar-refractivity contribution is -0.136. The Hall–Kier alpha value is -3.68. The quantitative estimate of drug-likeness (QED) is 0.583. The molecule has 3 aromatic rings. The van der Waals surface area contributed by atoms with E-state index in [0.29, 0.717) is 18.9 Å². The normalized spacial score (nSPS) is 10.5. The number of hydrogen-bond donors (Lipinski definition) is 1. The molecule has 0 spiro atoms. The van der Waals surface area contributed by atoms with Crippen molar-refractivity contribution in [3.05, 3.63) is 60.2 Å². The molecule has 2 amide bonds. The van der Waals surface area contributed by atoms with Crippen molar-refractivity contribution in [1.82, 2.24) is 15.1 Å². The summed E-state index contributed by atoms with van der Waals surface area (Å²) in [5.74, 6) is -0.299. The molecule has 3 rings (SSSR count). The van der Waals surface area contributed by atoms with Gasteiger partial charge in [-0.1, -0.05) is 48.4 Å². The number of aromatic nitrogens is 2. The molecule has 1 N–H and O–H groups in total. The van der Waals surface area contributed by atoms with Crippen LogP contribution in [-0.2, 0) is 9.59 Å². The number of para-hydroxylation sites is 1. The van der Waals surface area contributed by atoms with Gasteiger partial charge in [0, 0.05) is 17.8 Å². The molecule has 1 heterocycles. The Labute approximate surface area is 174 Å². The van der Waals surface area contributed by atoms with Crippen molar-refractivity contribution in [2.24, 2.45) is 0 Å². The van der Waals surface area contributed by atoms with E-state index in [1.165, 1.54) is 4.90 Å². The van der Waals surface area contributed by atoms with E-state index in [1.807, 2.05) is 68.4 Å². The van der Waals surface area contributed by atoms with Crippen LogP contribution in [0.4, 0.5) is 5.69 Å². The molecule has 0 bridgehead atoms. The molecule has 0 fully saturated rings. The molecular formula is C22H24N4O4. The van der Waals surface area contributed by atoms with Gasteiger partial charge in [0.1, 0.15) is 0 Å². The highest BCUT2D eigenvalue weighted by atomic mass is 16.6. The van der Waals surface area contributed by atoms with Gasteiger partial charge in [-0.15, -0.1) is 5.10 Å². The number of hydrogen-bond acceptors (Lipinski definition) is 6. The lowest BCUT2D eigenvalue weighted by Gasteiger charge is -2.21. The monoisotopic (exact) mass is 408 g/mol. The van der Waals surface area contributed by atoms with Gasteiger partial charge in [0.25, 0.3) is 11.8 Å². The number of carbonyl (C=O) groups is 2. The Balaban J connectivity index is 1.56. The average molecular weight is 408 g/mol. The first-order valence-corrected chi connectivity index (χ1v) is 9.71. The highest BCUT2D eigenvalue weighted by Gasteiger charge is 2.19. The van der Waals surface area contributed by atoms with Gasteiger partial charge >= 0.3 is 6.08 Å². The standard InChI is InChI=1S/C22H24N4O4/c1-3-13-26(14-19(27)23-18-12-8-7-9-16(18)2)20(28)15-29-22-25-24-21(30-22)17-10-5-4-6-11-17/h4-12H,3,13-15H2,1-2H3,(H,23,27). The van der Waals surface area contributed by atoms with Crippen LogP contribution >= 0.6 is 0 Å². The van der Waals surface area contributed by atoms with E-state index in [1.54, 1.807) is 0 Å². The summed E-state index contributed by atoms with van der Waals surface area (Å²) in [5, 5.41) is 10.6. The third-order valence-corrected chi connectivity index (χ3v) is 4.35. The van der Waals surface area contributed by atoms with Gasteiger partial charge in [0.2, 0.25) is 5.91 Å². The first-order valence-electron chi connectivity index (χ1n) is 9.71. The molecule has 0 aliphatic rings. The van der Waals surface area contributed by atoms with Crippen molar-refractivity contribution in [3.8, 4) is 17.5 Å². The third kappa shape index (κ3) is 5.66. The molecule has 0 saturated heterocycles. The van der Waals surface area contributed by atoms with Crippen LogP contribution in [-0.4, -0.2) is 46.6 Å². The fraction of sp³-hybridized carbons (Fsp3) is 0.273. The van der Waals surface area contributed by atoms with E-state index >= 15 is 0 Å². The second-order valence-electron chi connectivity index (χ2n) is 6.71. The fourth-order valence-electron chi connectivity index (χ4n) is 2.82. The topological polar surface area (TPSA) is 97.6 Å². The zero-order valence-electron chi connectivity index (χ0n) is 17.0. The van der Waals surface area contributed by atoms with Crippen LogP contribution in [0.25, 0.3) is 11.5 Å². The summed E-state index contributed by atoms with van der Waals surface area (Å²) >= 11 is 0. The minimum absolute atomic E-state index is 0.0660. The summed E-state index contributed by atoms with van der Waals surface area (Å²) in [6, 6.07) is 16.7. The van der Waals surface area contributed by atoms with Crippen molar-refractivity contribution >= 4 is 17.5 Å². The summed E-state index contributed by atoms with van der Waals surface area (Å²) in [4.78, 5) is 26.4. The maximum atomic E-state index is 12.6. The van der Waals surface area contributed by atoms with Crippen LogP contribution in [0.1, 0.15) is 18.9 Å². The number of amides is 2. The largest absolute Gasteiger partial charge is 0.439 e.